The second-order valence-corrected chi connectivity index (χ2v) is 5.82. The van der Waals surface area contributed by atoms with Crippen molar-refractivity contribution in [3.8, 4) is 11.5 Å². The number of rotatable bonds is 5. The van der Waals surface area contributed by atoms with Crippen molar-refractivity contribution in [2.24, 2.45) is 0 Å². The highest BCUT2D eigenvalue weighted by atomic mass is 79.9. The first-order valence-corrected chi connectivity index (χ1v) is 7.62. The van der Waals surface area contributed by atoms with Gasteiger partial charge in [0, 0.05) is 15.6 Å². The fourth-order valence-corrected chi connectivity index (χ4v) is 2.78. The lowest BCUT2D eigenvalue weighted by molar-refractivity contribution is 0.354. The van der Waals surface area contributed by atoms with Crippen LogP contribution in [-0.4, -0.2) is 21.3 Å². The van der Waals surface area contributed by atoms with E-state index in [2.05, 4.69) is 33.4 Å². The topological polar surface area (TPSA) is 30.5 Å². The minimum Gasteiger partial charge on any atom is -0.493 e. The van der Waals surface area contributed by atoms with Crippen LogP contribution in [0.4, 0.5) is 0 Å². The zero-order valence-electron chi connectivity index (χ0n) is 12.1. The lowest BCUT2D eigenvalue weighted by Crippen LogP contribution is -2.18. The van der Waals surface area contributed by atoms with Crippen LogP contribution in [0.5, 0.6) is 11.5 Å². The molecule has 0 radical (unpaired) electrons. The van der Waals surface area contributed by atoms with E-state index in [1.165, 1.54) is 0 Å². The van der Waals surface area contributed by atoms with Gasteiger partial charge in [0.15, 0.2) is 11.5 Å². The Hall–Kier alpha value is -1.23. The number of hydrogen-bond donors (Lipinski definition) is 1. The van der Waals surface area contributed by atoms with E-state index in [0.29, 0.717) is 16.5 Å². The van der Waals surface area contributed by atoms with E-state index in [1.54, 1.807) is 20.3 Å². The molecule has 0 heterocycles. The number of benzene rings is 2. The predicted octanol–water partition coefficient (Wildman–Crippen LogP) is 4.43. The Morgan fingerprint density at radius 2 is 1.62 bits per heavy atom. The summed E-state index contributed by atoms with van der Waals surface area (Å²) in [4.78, 5) is 0. The molecule has 0 bridgehead atoms. The molecule has 0 aliphatic rings. The van der Waals surface area contributed by atoms with E-state index in [4.69, 9.17) is 21.1 Å². The van der Waals surface area contributed by atoms with E-state index in [-0.39, 0.29) is 6.04 Å². The molecule has 0 aromatic heterocycles. The minimum absolute atomic E-state index is 0.0228. The minimum atomic E-state index is -0.0228. The van der Waals surface area contributed by atoms with Crippen LogP contribution in [0.2, 0.25) is 5.02 Å². The fraction of sp³-hybridized carbons (Fsp3) is 0.250. The number of hydrogen-bond acceptors (Lipinski definition) is 3. The molecule has 1 atom stereocenters. The van der Waals surface area contributed by atoms with Crippen LogP contribution in [0.25, 0.3) is 0 Å². The zero-order valence-corrected chi connectivity index (χ0v) is 14.5. The summed E-state index contributed by atoms with van der Waals surface area (Å²) < 4.78 is 11.7. The van der Waals surface area contributed by atoms with Crippen LogP contribution in [0, 0.1) is 0 Å². The SMILES string of the molecule is CNC(c1ccc(Br)cc1)c1cc(OC)c(OC)cc1Cl. The summed E-state index contributed by atoms with van der Waals surface area (Å²) >= 11 is 9.85. The molecule has 1 N–H and O–H groups in total. The summed E-state index contributed by atoms with van der Waals surface area (Å²) in [7, 11) is 5.11. The van der Waals surface area contributed by atoms with Gasteiger partial charge in [0.2, 0.25) is 0 Å². The lowest BCUT2D eigenvalue weighted by atomic mass is 9.98. The molecule has 0 fully saturated rings. The monoisotopic (exact) mass is 369 g/mol. The molecule has 0 aliphatic heterocycles. The normalized spacial score (nSPS) is 12.0. The Balaban J connectivity index is 2.49. The highest BCUT2D eigenvalue weighted by Crippen LogP contribution is 2.37. The largest absolute Gasteiger partial charge is 0.493 e. The van der Waals surface area contributed by atoms with Crippen molar-refractivity contribution in [3.63, 3.8) is 0 Å². The lowest BCUT2D eigenvalue weighted by Gasteiger charge is -2.20. The van der Waals surface area contributed by atoms with Gasteiger partial charge in [-0.2, -0.15) is 0 Å². The molecule has 2 aromatic carbocycles. The highest BCUT2D eigenvalue weighted by Gasteiger charge is 2.18. The quantitative estimate of drug-likeness (QED) is 0.844. The Labute approximate surface area is 138 Å². The summed E-state index contributed by atoms with van der Waals surface area (Å²) in [5.41, 5.74) is 2.06. The molecule has 0 amide bonds. The van der Waals surface area contributed by atoms with Crippen LogP contribution >= 0.6 is 27.5 Å². The fourth-order valence-electron chi connectivity index (χ4n) is 2.25. The maximum Gasteiger partial charge on any atom is 0.162 e. The van der Waals surface area contributed by atoms with E-state index in [1.807, 2.05) is 25.2 Å². The van der Waals surface area contributed by atoms with Crippen molar-refractivity contribution in [2.75, 3.05) is 21.3 Å². The first-order chi connectivity index (χ1) is 10.1. The molecule has 0 saturated carbocycles. The molecular weight excluding hydrogens is 354 g/mol. The number of halogens is 2. The standard InChI is InChI=1S/C16H17BrClNO2/c1-19-16(10-4-6-11(17)7-5-10)12-8-14(20-2)15(21-3)9-13(12)18/h4-9,16,19H,1-3H3. The third-order valence-corrected chi connectivity index (χ3v) is 4.16. The third kappa shape index (κ3) is 3.51. The Kier molecular flexibility index (Phi) is 5.51. The molecule has 112 valence electrons. The Morgan fingerprint density at radius 1 is 1.05 bits per heavy atom. The van der Waals surface area contributed by atoms with Crippen LogP contribution in [0.1, 0.15) is 17.2 Å². The molecule has 21 heavy (non-hydrogen) atoms. The molecule has 0 spiro atoms. The van der Waals surface area contributed by atoms with Crippen LogP contribution in [0.3, 0.4) is 0 Å². The van der Waals surface area contributed by atoms with Crippen LogP contribution < -0.4 is 14.8 Å². The van der Waals surface area contributed by atoms with Crippen molar-refractivity contribution < 1.29 is 9.47 Å². The highest BCUT2D eigenvalue weighted by molar-refractivity contribution is 9.10. The van der Waals surface area contributed by atoms with E-state index in [9.17, 15) is 0 Å². The van der Waals surface area contributed by atoms with E-state index >= 15 is 0 Å². The smallest absolute Gasteiger partial charge is 0.162 e. The van der Waals surface area contributed by atoms with Gasteiger partial charge in [0.25, 0.3) is 0 Å². The maximum atomic E-state index is 6.41. The van der Waals surface area contributed by atoms with Crippen molar-refractivity contribution >= 4 is 27.5 Å². The number of methoxy groups -OCH3 is 2. The average Bonchev–Trinajstić information content (AvgIpc) is 2.50. The molecule has 5 heteroatoms. The van der Waals surface area contributed by atoms with E-state index < -0.39 is 0 Å². The molecule has 2 rings (SSSR count). The Morgan fingerprint density at radius 3 is 2.14 bits per heavy atom. The van der Waals surface area contributed by atoms with Crippen molar-refractivity contribution in [3.05, 3.63) is 57.0 Å². The second-order valence-electron chi connectivity index (χ2n) is 4.50. The van der Waals surface area contributed by atoms with Crippen molar-refractivity contribution in [1.29, 1.82) is 0 Å². The summed E-state index contributed by atoms with van der Waals surface area (Å²) in [6, 6.07) is 11.8. The Bertz CT molecular complexity index is 616. The summed E-state index contributed by atoms with van der Waals surface area (Å²) in [6.07, 6.45) is 0. The van der Waals surface area contributed by atoms with Gasteiger partial charge >= 0.3 is 0 Å². The van der Waals surface area contributed by atoms with Gasteiger partial charge < -0.3 is 14.8 Å². The zero-order chi connectivity index (χ0) is 15.4. The number of nitrogens with one attached hydrogen (secondary N) is 1. The summed E-state index contributed by atoms with van der Waals surface area (Å²) in [5.74, 6) is 1.28. The van der Waals surface area contributed by atoms with Gasteiger partial charge in [-0.3, -0.25) is 0 Å². The van der Waals surface area contributed by atoms with Crippen molar-refractivity contribution in [2.45, 2.75) is 6.04 Å². The summed E-state index contributed by atoms with van der Waals surface area (Å²) in [6.45, 7) is 0. The molecule has 0 saturated heterocycles. The molecule has 0 aliphatic carbocycles. The van der Waals surface area contributed by atoms with Crippen LogP contribution in [-0.2, 0) is 0 Å². The average molecular weight is 371 g/mol. The van der Waals surface area contributed by atoms with Crippen LogP contribution in [0.15, 0.2) is 40.9 Å². The van der Waals surface area contributed by atoms with Gasteiger partial charge in [-0.1, -0.05) is 39.7 Å². The van der Waals surface area contributed by atoms with Gasteiger partial charge in [0.05, 0.1) is 20.3 Å². The predicted molar refractivity (Wildman–Crippen MR) is 89.6 cm³/mol. The first kappa shape index (κ1) is 16.1. The van der Waals surface area contributed by atoms with Gasteiger partial charge in [-0.05, 0) is 36.4 Å². The molecule has 2 aromatic rings. The first-order valence-electron chi connectivity index (χ1n) is 6.44. The summed E-state index contributed by atoms with van der Waals surface area (Å²) in [5, 5.41) is 3.92. The van der Waals surface area contributed by atoms with Crippen molar-refractivity contribution in [1.82, 2.24) is 5.32 Å². The van der Waals surface area contributed by atoms with Gasteiger partial charge in [-0.15, -0.1) is 0 Å². The van der Waals surface area contributed by atoms with Gasteiger partial charge in [-0.25, -0.2) is 0 Å². The molecular formula is C16H17BrClNO2. The number of ether oxygens (including phenoxy) is 2. The van der Waals surface area contributed by atoms with E-state index in [0.717, 1.165) is 15.6 Å². The third-order valence-electron chi connectivity index (χ3n) is 3.31. The van der Waals surface area contributed by atoms with Gasteiger partial charge in [0.1, 0.15) is 0 Å². The molecule has 3 nitrogen and oxygen atoms in total. The maximum absolute atomic E-state index is 6.41. The second kappa shape index (κ2) is 7.16. The molecule has 1 unspecified atom stereocenters.